The van der Waals surface area contributed by atoms with Gasteiger partial charge in [-0.05, 0) is 31.3 Å². The summed E-state index contributed by atoms with van der Waals surface area (Å²) >= 11 is 0. The SMILES string of the molecule is CNS(=O)(=O)c1ccc(NCCNS(C)(=O)=O)cc1. The van der Waals surface area contributed by atoms with Crippen LogP contribution in [0.2, 0.25) is 0 Å². The van der Waals surface area contributed by atoms with E-state index in [1.54, 1.807) is 12.1 Å². The highest BCUT2D eigenvalue weighted by Gasteiger charge is 2.10. The van der Waals surface area contributed by atoms with E-state index >= 15 is 0 Å². The Morgan fingerprint density at radius 1 is 1.00 bits per heavy atom. The number of anilines is 1. The second-order valence-corrected chi connectivity index (χ2v) is 7.54. The molecule has 1 aromatic carbocycles. The van der Waals surface area contributed by atoms with Crippen molar-refractivity contribution >= 4 is 25.7 Å². The van der Waals surface area contributed by atoms with Crippen molar-refractivity contribution < 1.29 is 16.8 Å². The molecule has 0 amide bonds. The molecule has 0 aliphatic carbocycles. The van der Waals surface area contributed by atoms with Crippen LogP contribution < -0.4 is 14.8 Å². The number of nitrogens with one attached hydrogen (secondary N) is 3. The van der Waals surface area contributed by atoms with Gasteiger partial charge in [-0.3, -0.25) is 0 Å². The highest BCUT2D eigenvalue weighted by molar-refractivity contribution is 7.89. The molecule has 0 bridgehead atoms. The lowest BCUT2D eigenvalue weighted by Gasteiger charge is -2.08. The summed E-state index contributed by atoms with van der Waals surface area (Å²) in [5, 5.41) is 2.97. The van der Waals surface area contributed by atoms with E-state index < -0.39 is 20.0 Å². The summed E-state index contributed by atoms with van der Waals surface area (Å²) in [6, 6.07) is 6.17. The van der Waals surface area contributed by atoms with Crippen molar-refractivity contribution in [2.75, 3.05) is 31.7 Å². The molecule has 0 fully saturated rings. The van der Waals surface area contributed by atoms with Gasteiger partial charge in [0.05, 0.1) is 11.2 Å². The molecular formula is C10H17N3O4S2. The molecule has 0 aromatic heterocycles. The van der Waals surface area contributed by atoms with Crippen LogP contribution in [0.25, 0.3) is 0 Å². The van der Waals surface area contributed by atoms with E-state index in [0.717, 1.165) is 6.26 Å². The fourth-order valence-electron chi connectivity index (χ4n) is 1.31. The first-order valence-electron chi connectivity index (χ1n) is 5.47. The maximum atomic E-state index is 11.5. The van der Waals surface area contributed by atoms with Crippen molar-refractivity contribution in [2.24, 2.45) is 0 Å². The molecule has 3 N–H and O–H groups in total. The van der Waals surface area contributed by atoms with Crippen molar-refractivity contribution in [2.45, 2.75) is 4.90 Å². The third-order valence-corrected chi connectivity index (χ3v) is 4.41. The first-order chi connectivity index (χ1) is 8.74. The van der Waals surface area contributed by atoms with Crippen LogP contribution in [0.15, 0.2) is 29.2 Å². The zero-order valence-electron chi connectivity index (χ0n) is 10.7. The van der Waals surface area contributed by atoms with Gasteiger partial charge in [0.2, 0.25) is 20.0 Å². The summed E-state index contributed by atoms with van der Waals surface area (Å²) in [5.41, 5.74) is 0.713. The summed E-state index contributed by atoms with van der Waals surface area (Å²) in [7, 11) is -5.27. The Hall–Kier alpha value is -1.16. The van der Waals surface area contributed by atoms with E-state index in [-0.39, 0.29) is 11.4 Å². The monoisotopic (exact) mass is 307 g/mol. The number of sulfonamides is 2. The Bertz CT molecular complexity index is 609. The maximum absolute atomic E-state index is 11.5. The Labute approximate surface area is 113 Å². The molecule has 0 atom stereocenters. The topological polar surface area (TPSA) is 104 Å². The van der Waals surface area contributed by atoms with Gasteiger partial charge in [0.1, 0.15) is 0 Å². The standard InChI is InChI=1S/C10H17N3O4S2/c1-11-19(16,17)10-5-3-9(4-6-10)12-7-8-13-18(2,14)15/h3-6,11-13H,7-8H2,1-2H3. The lowest BCUT2D eigenvalue weighted by atomic mass is 10.3. The first kappa shape index (κ1) is 15.9. The van der Waals surface area contributed by atoms with Crippen LogP contribution >= 0.6 is 0 Å². The molecule has 108 valence electrons. The zero-order chi connectivity index (χ0) is 14.5. The number of hydrogen-bond acceptors (Lipinski definition) is 5. The van der Waals surface area contributed by atoms with Crippen LogP contribution in [0.1, 0.15) is 0 Å². The predicted octanol–water partition coefficient (Wildman–Crippen LogP) is -0.444. The number of rotatable bonds is 7. The van der Waals surface area contributed by atoms with E-state index in [1.807, 2.05) is 0 Å². The Morgan fingerprint density at radius 3 is 2.05 bits per heavy atom. The van der Waals surface area contributed by atoms with Crippen molar-refractivity contribution in [1.82, 2.24) is 9.44 Å². The average molecular weight is 307 g/mol. The van der Waals surface area contributed by atoms with E-state index in [2.05, 4.69) is 14.8 Å². The van der Waals surface area contributed by atoms with Crippen molar-refractivity contribution in [3.8, 4) is 0 Å². The fourth-order valence-corrected chi connectivity index (χ4v) is 2.52. The predicted molar refractivity (Wildman–Crippen MR) is 74.0 cm³/mol. The summed E-state index contributed by atoms with van der Waals surface area (Å²) in [6.07, 6.45) is 1.09. The molecule has 7 nitrogen and oxygen atoms in total. The Balaban J connectivity index is 2.54. The maximum Gasteiger partial charge on any atom is 0.240 e. The lowest BCUT2D eigenvalue weighted by Crippen LogP contribution is -2.27. The van der Waals surface area contributed by atoms with Gasteiger partial charge in [0.25, 0.3) is 0 Å². The van der Waals surface area contributed by atoms with Crippen LogP contribution in [-0.2, 0) is 20.0 Å². The second kappa shape index (κ2) is 6.33. The van der Waals surface area contributed by atoms with Gasteiger partial charge < -0.3 is 5.32 Å². The average Bonchev–Trinajstić information content (AvgIpc) is 2.34. The van der Waals surface area contributed by atoms with E-state index in [1.165, 1.54) is 19.2 Å². The Morgan fingerprint density at radius 2 is 1.58 bits per heavy atom. The minimum absolute atomic E-state index is 0.176. The van der Waals surface area contributed by atoms with Crippen molar-refractivity contribution in [3.05, 3.63) is 24.3 Å². The molecule has 0 unspecified atom stereocenters. The largest absolute Gasteiger partial charge is 0.384 e. The van der Waals surface area contributed by atoms with Gasteiger partial charge in [-0.2, -0.15) is 0 Å². The lowest BCUT2D eigenvalue weighted by molar-refractivity contribution is 0.586. The van der Waals surface area contributed by atoms with Crippen LogP contribution in [0.3, 0.4) is 0 Å². The van der Waals surface area contributed by atoms with Gasteiger partial charge in [-0.15, -0.1) is 0 Å². The van der Waals surface area contributed by atoms with Gasteiger partial charge >= 0.3 is 0 Å². The molecule has 0 aliphatic heterocycles. The van der Waals surface area contributed by atoms with Gasteiger partial charge in [-0.25, -0.2) is 26.3 Å². The smallest absolute Gasteiger partial charge is 0.240 e. The third-order valence-electron chi connectivity index (χ3n) is 2.25. The first-order valence-corrected chi connectivity index (χ1v) is 8.84. The molecule has 0 radical (unpaired) electrons. The van der Waals surface area contributed by atoms with Crippen LogP contribution in [0.5, 0.6) is 0 Å². The molecule has 1 aromatic rings. The van der Waals surface area contributed by atoms with Crippen LogP contribution in [0.4, 0.5) is 5.69 Å². The summed E-state index contributed by atoms with van der Waals surface area (Å²) in [6.45, 7) is 0.667. The highest BCUT2D eigenvalue weighted by Crippen LogP contribution is 2.13. The molecule has 19 heavy (non-hydrogen) atoms. The molecule has 0 spiro atoms. The Kier molecular flexibility index (Phi) is 5.29. The van der Waals surface area contributed by atoms with Gasteiger partial charge in [0.15, 0.2) is 0 Å². The zero-order valence-corrected chi connectivity index (χ0v) is 12.3. The minimum atomic E-state index is -3.43. The van der Waals surface area contributed by atoms with Crippen molar-refractivity contribution in [3.63, 3.8) is 0 Å². The molecule has 0 aliphatic rings. The quantitative estimate of drug-likeness (QED) is 0.592. The number of benzene rings is 1. The molecule has 1 rings (SSSR count). The molecule has 9 heteroatoms. The summed E-state index contributed by atoms with van der Waals surface area (Å²) < 4.78 is 49.1. The van der Waals surface area contributed by atoms with Crippen LogP contribution in [-0.4, -0.2) is 43.2 Å². The van der Waals surface area contributed by atoms with Crippen LogP contribution in [0, 0.1) is 0 Å². The van der Waals surface area contributed by atoms with Crippen molar-refractivity contribution in [1.29, 1.82) is 0 Å². The molecule has 0 heterocycles. The van der Waals surface area contributed by atoms with Gasteiger partial charge in [0, 0.05) is 18.8 Å². The minimum Gasteiger partial charge on any atom is -0.384 e. The van der Waals surface area contributed by atoms with E-state index in [4.69, 9.17) is 0 Å². The summed E-state index contributed by atoms with van der Waals surface area (Å²) in [4.78, 5) is 0.176. The molecular weight excluding hydrogens is 290 g/mol. The normalized spacial score (nSPS) is 12.3. The highest BCUT2D eigenvalue weighted by atomic mass is 32.2. The molecule has 0 saturated carbocycles. The van der Waals surface area contributed by atoms with E-state index in [9.17, 15) is 16.8 Å². The number of hydrogen-bond donors (Lipinski definition) is 3. The third kappa shape index (κ3) is 5.55. The molecule has 0 saturated heterocycles. The fraction of sp³-hybridized carbons (Fsp3) is 0.400. The van der Waals surface area contributed by atoms with E-state index in [0.29, 0.717) is 12.2 Å². The second-order valence-electron chi connectivity index (χ2n) is 3.83. The van der Waals surface area contributed by atoms with Gasteiger partial charge in [-0.1, -0.05) is 0 Å². The summed E-state index contributed by atoms with van der Waals surface area (Å²) in [5.74, 6) is 0.